The highest BCUT2D eigenvalue weighted by Crippen LogP contribution is 2.31. The van der Waals surface area contributed by atoms with Crippen LogP contribution in [0, 0.1) is 0 Å². The van der Waals surface area contributed by atoms with Gasteiger partial charge in [0.15, 0.2) is 11.6 Å². The summed E-state index contributed by atoms with van der Waals surface area (Å²) in [6.07, 6.45) is 1.57. The molecule has 8 heteroatoms. The number of nitrogens with one attached hydrogen (secondary N) is 1. The molecule has 0 bridgehead atoms. The fourth-order valence-corrected chi connectivity index (χ4v) is 3.78. The van der Waals surface area contributed by atoms with Gasteiger partial charge in [-0.15, -0.1) is 0 Å². The molecular formula is C22H18N4O3S. The van der Waals surface area contributed by atoms with E-state index in [9.17, 15) is 9.59 Å². The molecule has 1 unspecified atom stereocenters. The number of amides is 2. The fraction of sp³-hybridized carbons (Fsp3) is 0.0909. The van der Waals surface area contributed by atoms with Crippen molar-refractivity contribution in [1.29, 1.82) is 0 Å². The van der Waals surface area contributed by atoms with E-state index in [-0.39, 0.29) is 5.91 Å². The highest BCUT2D eigenvalue weighted by atomic mass is 32.2. The number of thioether (sulfide) groups is 1. The van der Waals surface area contributed by atoms with Crippen LogP contribution >= 0.6 is 11.8 Å². The first kappa shape index (κ1) is 19.7. The molecule has 3 N–H and O–H groups in total. The molecule has 0 spiro atoms. The summed E-state index contributed by atoms with van der Waals surface area (Å²) in [4.78, 5) is 33.1. The van der Waals surface area contributed by atoms with E-state index in [0.29, 0.717) is 27.9 Å². The lowest BCUT2D eigenvalue weighted by Gasteiger charge is -2.13. The predicted octanol–water partition coefficient (Wildman–Crippen LogP) is 4.11. The second kappa shape index (κ2) is 8.38. The topological polar surface area (TPSA) is 111 Å². The van der Waals surface area contributed by atoms with E-state index in [2.05, 4.69) is 15.3 Å². The third-order valence-corrected chi connectivity index (χ3v) is 5.51. The standard InChI is InChI=1S/C22H18N4O3S/c1-13(21(28)24-15-10-8-14(9-11-15)19(23)27)30-22-16-5-2-3-6-17(16)25-20(26-22)18-7-4-12-29-18/h2-13H,1H3,(H2,23,27)(H,24,28). The van der Waals surface area contributed by atoms with Crippen molar-refractivity contribution in [2.24, 2.45) is 5.73 Å². The van der Waals surface area contributed by atoms with Gasteiger partial charge in [-0.25, -0.2) is 9.97 Å². The number of hydrogen-bond acceptors (Lipinski definition) is 6. The van der Waals surface area contributed by atoms with E-state index in [1.165, 1.54) is 11.8 Å². The highest BCUT2D eigenvalue weighted by molar-refractivity contribution is 8.00. The summed E-state index contributed by atoms with van der Waals surface area (Å²) in [6, 6.07) is 17.6. The number of fused-ring (bicyclic) bond motifs is 1. The summed E-state index contributed by atoms with van der Waals surface area (Å²) in [7, 11) is 0. The summed E-state index contributed by atoms with van der Waals surface area (Å²) in [5.41, 5.74) is 6.98. The van der Waals surface area contributed by atoms with E-state index in [1.54, 1.807) is 49.6 Å². The first-order chi connectivity index (χ1) is 14.5. The summed E-state index contributed by atoms with van der Waals surface area (Å²) >= 11 is 1.34. The summed E-state index contributed by atoms with van der Waals surface area (Å²) in [6.45, 7) is 1.81. The minimum absolute atomic E-state index is 0.186. The molecule has 4 rings (SSSR count). The lowest BCUT2D eigenvalue weighted by molar-refractivity contribution is -0.115. The van der Waals surface area contributed by atoms with Crippen molar-refractivity contribution < 1.29 is 14.0 Å². The van der Waals surface area contributed by atoms with Crippen LogP contribution in [-0.2, 0) is 4.79 Å². The van der Waals surface area contributed by atoms with Crippen LogP contribution in [0.4, 0.5) is 5.69 Å². The van der Waals surface area contributed by atoms with Crippen LogP contribution in [0.5, 0.6) is 0 Å². The largest absolute Gasteiger partial charge is 0.461 e. The Morgan fingerprint density at radius 2 is 1.80 bits per heavy atom. The van der Waals surface area contributed by atoms with Gasteiger partial charge in [0.05, 0.1) is 17.0 Å². The van der Waals surface area contributed by atoms with Crippen molar-refractivity contribution in [2.45, 2.75) is 17.2 Å². The van der Waals surface area contributed by atoms with Gasteiger partial charge < -0.3 is 15.5 Å². The zero-order chi connectivity index (χ0) is 21.1. The number of hydrogen-bond donors (Lipinski definition) is 2. The molecule has 0 fully saturated rings. The molecular weight excluding hydrogens is 400 g/mol. The van der Waals surface area contributed by atoms with Gasteiger partial charge >= 0.3 is 0 Å². The maximum atomic E-state index is 12.7. The average Bonchev–Trinajstić information content (AvgIpc) is 3.29. The molecule has 150 valence electrons. The molecule has 30 heavy (non-hydrogen) atoms. The number of nitrogens with two attached hydrogens (primary N) is 1. The zero-order valence-electron chi connectivity index (χ0n) is 16.0. The number of carbonyl (C=O) groups is 2. The molecule has 2 aromatic heterocycles. The lowest BCUT2D eigenvalue weighted by atomic mass is 10.2. The van der Waals surface area contributed by atoms with Crippen molar-refractivity contribution >= 4 is 40.2 Å². The molecule has 0 aliphatic heterocycles. The Kier molecular flexibility index (Phi) is 5.49. The predicted molar refractivity (Wildman–Crippen MR) is 116 cm³/mol. The number of rotatable bonds is 6. The molecule has 4 aromatic rings. The Bertz CT molecular complexity index is 1210. The number of furan rings is 1. The monoisotopic (exact) mass is 418 g/mol. The Morgan fingerprint density at radius 3 is 2.50 bits per heavy atom. The van der Waals surface area contributed by atoms with Crippen LogP contribution in [0.2, 0.25) is 0 Å². The van der Waals surface area contributed by atoms with Crippen LogP contribution in [0.25, 0.3) is 22.5 Å². The Balaban J connectivity index is 1.56. The molecule has 0 aliphatic rings. The quantitative estimate of drug-likeness (QED) is 0.360. The molecule has 0 saturated carbocycles. The number of anilines is 1. The molecule has 2 amide bonds. The maximum Gasteiger partial charge on any atom is 0.248 e. The van der Waals surface area contributed by atoms with Gasteiger partial charge in [0.1, 0.15) is 5.03 Å². The van der Waals surface area contributed by atoms with Crippen molar-refractivity contribution in [3.8, 4) is 11.6 Å². The Labute approximate surface area is 176 Å². The van der Waals surface area contributed by atoms with Gasteiger partial charge in [0.2, 0.25) is 11.8 Å². The highest BCUT2D eigenvalue weighted by Gasteiger charge is 2.19. The third-order valence-electron chi connectivity index (χ3n) is 4.40. The van der Waals surface area contributed by atoms with E-state index in [1.807, 2.05) is 24.3 Å². The van der Waals surface area contributed by atoms with Crippen LogP contribution in [0.1, 0.15) is 17.3 Å². The van der Waals surface area contributed by atoms with Crippen LogP contribution in [-0.4, -0.2) is 27.0 Å². The first-order valence-electron chi connectivity index (χ1n) is 9.19. The van der Waals surface area contributed by atoms with Crippen LogP contribution in [0.15, 0.2) is 76.4 Å². The van der Waals surface area contributed by atoms with Crippen molar-refractivity contribution in [3.63, 3.8) is 0 Å². The molecule has 7 nitrogen and oxygen atoms in total. The average molecular weight is 418 g/mol. The van der Waals surface area contributed by atoms with Gasteiger partial charge in [-0.2, -0.15) is 0 Å². The number of aromatic nitrogens is 2. The number of benzene rings is 2. The fourth-order valence-electron chi connectivity index (χ4n) is 2.84. The van der Waals surface area contributed by atoms with Crippen molar-refractivity contribution in [2.75, 3.05) is 5.32 Å². The number of nitrogens with zero attached hydrogens (tertiary/aromatic N) is 2. The summed E-state index contributed by atoms with van der Waals surface area (Å²) in [5, 5.41) is 3.97. The normalized spacial score (nSPS) is 11.9. The van der Waals surface area contributed by atoms with Gasteiger partial charge in [-0.05, 0) is 49.4 Å². The smallest absolute Gasteiger partial charge is 0.248 e. The summed E-state index contributed by atoms with van der Waals surface area (Å²) in [5.74, 6) is 0.332. The zero-order valence-corrected chi connectivity index (χ0v) is 16.8. The first-order valence-corrected chi connectivity index (χ1v) is 10.1. The van der Waals surface area contributed by atoms with Gasteiger partial charge in [-0.3, -0.25) is 9.59 Å². The van der Waals surface area contributed by atoms with Gasteiger partial charge in [0.25, 0.3) is 0 Å². The minimum atomic E-state index is -0.514. The van der Waals surface area contributed by atoms with Crippen molar-refractivity contribution in [1.82, 2.24) is 9.97 Å². The molecule has 1 atom stereocenters. The number of primary amides is 1. The maximum absolute atomic E-state index is 12.7. The molecule has 2 heterocycles. The number of carbonyl (C=O) groups excluding carboxylic acids is 2. The van der Waals surface area contributed by atoms with Crippen molar-refractivity contribution in [3.05, 3.63) is 72.5 Å². The molecule has 2 aromatic carbocycles. The van der Waals surface area contributed by atoms with Crippen LogP contribution < -0.4 is 11.1 Å². The van der Waals surface area contributed by atoms with E-state index >= 15 is 0 Å². The third kappa shape index (κ3) is 4.18. The Morgan fingerprint density at radius 1 is 1.03 bits per heavy atom. The van der Waals surface area contributed by atoms with Gasteiger partial charge in [-0.1, -0.05) is 30.0 Å². The lowest BCUT2D eigenvalue weighted by Crippen LogP contribution is -2.22. The minimum Gasteiger partial charge on any atom is -0.461 e. The molecule has 0 radical (unpaired) electrons. The second-order valence-corrected chi connectivity index (χ2v) is 7.87. The SMILES string of the molecule is CC(Sc1nc(-c2ccco2)nc2ccccc12)C(=O)Nc1ccc(C(N)=O)cc1. The molecule has 0 aliphatic carbocycles. The van der Waals surface area contributed by atoms with E-state index in [4.69, 9.17) is 10.2 Å². The Hall–Kier alpha value is -3.65. The number of para-hydroxylation sites is 1. The second-order valence-electron chi connectivity index (χ2n) is 6.54. The van der Waals surface area contributed by atoms with Gasteiger partial charge in [0, 0.05) is 16.6 Å². The van der Waals surface area contributed by atoms with E-state index in [0.717, 1.165) is 10.9 Å². The molecule has 0 saturated heterocycles. The summed E-state index contributed by atoms with van der Waals surface area (Å²) < 4.78 is 5.43. The van der Waals surface area contributed by atoms with E-state index < -0.39 is 11.2 Å². The van der Waals surface area contributed by atoms with Crippen LogP contribution in [0.3, 0.4) is 0 Å².